The summed E-state index contributed by atoms with van der Waals surface area (Å²) in [5, 5.41) is 0. The number of hydrogen-bond donors (Lipinski definition) is 0. The molecular formula is C15H24O2. The first-order valence-electron chi connectivity index (χ1n) is 6.48. The van der Waals surface area contributed by atoms with Gasteiger partial charge in [0.15, 0.2) is 0 Å². The van der Waals surface area contributed by atoms with Crippen LogP contribution in [0.25, 0.3) is 0 Å². The molecule has 0 radical (unpaired) electrons. The van der Waals surface area contributed by atoms with E-state index in [2.05, 4.69) is 26.8 Å². The lowest BCUT2D eigenvalue weighted by Crippen LogP contribution is -2.06. The fourth-order valence-electron chi connectivity index (χ4n) is 2.65. The van der Waals surface area contributed by atoms with Crippen molar-refractivity contribution in [1.82, 2.24) is 0 Å². The predicted octanol–water partition coefficient (Wildman–Crippen LogP) is 3.70. The number of Topliss-reactive ketones (excluding diaryl/α,β-unsaturated/α-hetero) is 2. The third-order valence-electron chi connectivity index (χ3n) is 3.46. The summed E-state index contributed by atoms with van der Waals surface area (Å²) in [4.78, 5) is 22.6. The fourth-order valence-corrected chi connectivity index (χ4v) is 2.65. The molecule has 1 aliphatic rings. The lowest BCUT2D eigenvalue weighted by atomic mass is 9.89. The predicted molar refractivity (Wildman–Crippen MR) is 69.8 cm³/mol. The zero-order valence-electron chi connectivity index (χ0n) is 11.5. The molecule has 2 heteroatoms. The molecule has 2 nitrogen and oxygen atoms in total. The Morgan fingerprint density at radius 3 is 2.53 bits per heavy atom. The van der Waals surface area contributed by atoms with Crippen LogP contribution < -0.4 is 0 Å². The number of allylic oxidation sites excluding steroid dienone is 2. The molecule has 1 atom stereocenters. The standard InChI is InChI=1S/C15H24O2/c1-11(6-5-7-12(2)16)8-13-9-15(3,4)10-14(13)17/h6,13H,5,7-10H2,1-4H3/b11-6-/t13-/m0/s1. The van der Waals surface area contributed by atoms with Crippen molar-refractivity contribution >= 4 is 11.6 Å². The Labute approximate surface area is 104 Å². The Morgan fingerprint density at radius 1 is 1.41 bits per heavy atom. The molecular weight excluding hydrogens is 212 g/mol. The minimum Gasteiger partial charge on any atom is -0.300 e. The van der Waals surface area contributed by atoms with Crippen LogP contribution in [0.1, 0.15) is 59.8 Å². The van der Waals surface area contributed by atoms with E-state index >= 15 is 0 Å². The maximum atomic E-state index is 11.8. The second-order valence-corrected chi connectivity index (χ2v) is 6.20. The molecule has 0 aromatic rings. The highest BCUT2D eigenvalue weighted by atomic mass is 16.1. The molecule has 0 aromatic heterocycles. The third kappa shape index (κ3) is 4.84. The molecule has 0 bridgehead atoms. The number of carbonyl (C=O) groups excluding carboxylic acids is 2. The zero-order chi connectivity index (χ0) is 13.1. The smallest absolute Gasteiger partial charge is 0.136 e. The van der Waals surface area contributed by atoms with Crippen LogP contribution in [0, 0.1) is 11.3 Å². The summed E-state index contributed by atoms with van der Waals surface area (Å²) in [6.07, 6.45) is 6.13. The number of ketones is 2. The Hall–Kier alpha value is -0.920. The van der Waals surface area contributed by atoms with Crippen molar-refractivity contribution in [1.29, 1.82) is 0 Å². The van der Waals surface area contributed by atoms with Crippen molar-refractivity contribution in [3.05, 3.63) is 11.6 Å². The van der Waals surface area contributed by atoms with Gasteiger partial charge >= 0.3 is 0 Å². The molecule has 0 N–H and O–H groups in total. The maximum Gasteiger partial charge on any atom is 0.136 e. The van der Waals surface area contributed by atoms with E-state index in [1.54, 1.807) is 6.92 Å². The van der Waals surface area contributed by atoms with Crippen molar-refractivity contribution in [2.24, 2.45) is 11.3 Å². The summed E-state index contributed by atoms with van der Waals surface area (Å²) in [5.74, 6) is 0.847. The highest BCUT2D eigenvalue weighted by Crippen LogP contribution is 2.40. The fraction of sp³-hybridized carbons (Fsp3) is 0.733. The minimum absolute atomic E-state index is 0.182. The van der Waals surface area contributed by atoms with Crippen molar-refractivity contribution in [2.75, 3.05) is 0 Å². The summed E-state index contributed by atoms with van der Waals surface area (Å²) in [6, 6.07) is 0. The van der Waals surface area contributed by atoms with E-state index in [9.17, 15) is 9.59 Å². The average Bonchev–Trinajstić information content (AvgIpc) is 2.38. The Bertz CT molecular complexity index is 337. The van der Waals surface area contributed by atoms with Crippen molar-refractivity contribution in [3.63, 3.8) is 0 Å². The van der Waals surface area contributed by atoms with E-state index in [0.29, 0.717) is 12.2 Å². The van der Waals surface area contributed by atoms with Gasteiger partial charge in [-0.15, -0.1) is 0 Å². The number of carbonyl (C=O) groups is 2. The molecule has 0 unspecified atom stereocenters. The van der Waals surface area contributed by atoms with Crippen LogP contribution in [0.15, 0.2) is 11.6 Å². The summed E-state index contributed by atoms with van der Waals surface area (Å²) in [7, 11) is 0. The summed E-state index contributed by atoms with van der Waals surface area (Å²) < 4.78 is 0. The van der Waals surface area contributed by atoms with Crippen LogP contribution in [0.4, 0.5) is 0 Å². The van der Waals surface area contributed by atoms with E-state index in [1.165, 1.54) is 5.57 Å². The topological polar surface area (TPSA) is 34.1 Å². The van der Waals surface area contributed by atoms with Crippen molar-refractivity contribution in [2.45, 2.75) is 59.8 Å². The third-order valence-corrected chi connectivity index (χ3v) is 3.46. The first kappa shape index (κ1) is 14.1. The molecule has 1 saturated carbocycles. The van der Waals surface area contributed by atoms with Crippen LogP contribution in [0.2, 0.25) is 0 Å². The second kappa shape index (κ2) is 5.61. The van der Waals surface area contributed by atoms with E-state index in [-0.39, 0.29) is 17.1 Å². The molecule has 1 fully saturated rings. The van der Waals surface area contributed by atoms with Crippen LogP contribution in [0.3, 0.4) is 0 Å². The van der Waals surface area contributed by atoms with Gasteiger partial charge in [-0.1, -0.05) is 25.5 Å². The normalized spacial score (nSPS) is 24.1. The molecule has 0 aliphatic heterocycles. The molecule has 17 heavy (non-hydrogen) atoms. The van der Waals surface area contributed by atoms with E-state index in [4.69, 9.17) is 0 Å². The van der Waals surface area contributed by atoms with Crippen LogP contribution in [-0.2, 0) is 9.59 Å². The minimum atomic E-state index is 0.182. The van der Waals surface area contributed by atoms with Gasteiger partial charge in [0.2, 0.25) is 0 Å². The van der Waals surface area contributed by atoms with Gasteiger partial charge in [0.25, 0.3) is 0 Å². The van der Waals surface area contributed by atoms with Gasteiger partial charge in [0.05, 0.1) is 0 Å². The largest absolute Gasteiger partial charge is 0.300 e. The number of rotatable bonds is 5. The molecule has 0 aromatic carbocycles. The van der Waals surface area contributed by atoms with Gasteiger partial charge in [0, 0.05) is 18.8 Å². The molecule has 0 heterocycles. The zero-order valence-corrected chi connectivity index (χ0v) is 11.5. The Balaban J connectivity index is 2.44. The summed E-state index contributed by atoms with van der Waals surface area (Å²) >= 11 is 0. The highest BCUT2D eigenvalue weighted by Gasteiger charge is 2.37. The van der Waals surface area contributed by atoms with Gasteiger partial charge in [-0.2, -0.15) is 0 Å². The van der Waals surface area contributed by atoms with Crippen LogP contribution in [0.5, 0.6) is 0 Å². The van der Waals surface area contributed by atoms with Crippen LogP contribution >= 0.6 is 0 Å². The molecule has 0 spiro atoms. The average molecular weight is 236 g/mol. The first-order valence-corrected chi connectivity index (χ1v) is 6.48. The first-order chi connectivity index (χ1) is 7.80. The molecule has 0 amide bonds. The molecule has 96 valence electrons. The maximum absolute atomic E-state index is 11.8. The molecule has 1 rings (SSSR count). The van der Waals surface area contributed by atoms with Gasteiger partial charge in [0.1, 0.15) is 11.6 Å². The van der Waals surface area contributed by atoms with Gasteiger partial charge in [-0.25, -0.2) is 0 Å². The summed E-state index contributed by atoms with van der Waals surface area (Å²) in [5.41, 5.74) is 1.43. The van der Waals surface area contributed by atoms with E-state index < -0.39 is 0 Å². The van der Waals surface area contributed by atoms with Crippen molar-refractivity contribution < 1.29 is 9.59 Å². The number of hydrogen-bond acceptors (Lipinski definition) is 2. The monoisotopic (exact) mass is 236 g/mol. The SMILES string of the molecule is CC(=O)CC/C=C(/C)C[C@H]1CC(C)(C)CC1=O. The van der Waals surface area contributed by atoms with E-state index in [0.717, 1.165) is 25.7 Å². The Kier molecular flexibility index (Phi) is 4.67. The van der Waals surface area contributed by atoms with Crippen LogP contribution in [-0.4, -0.2) is 11.6 Å². The van der Waals surface area contributed by atoms with Crippen molar-refractivity contribution in [3.8, 4) is 0 Å². The van der Waals surface area contributed by atoms with Gasteiger partial charge < -0.3 is 4.79 Å². The second-order valence-electron chi connectivity index (χ2n) is 6.20. The lowest BCUT2D eigenvalue weighted by molar-refractivity contribution is -0.121. The molecule has 0 saturated heterocycles. The van der Waals surface area contributed by atoms with Gasteiger partial charge in [-0.3, -0.25) is 4.79 Å². The highest BCUT2D eigenvalue weighted by molar-refractivity contribution is 5.84. The van der Waals surface area contributed by atoms with Gasteiger partial charge in [-0.05, 0) is 38.5 Å². The molecule has 1 aliphatic carbocycles. The van der Waals surface area contributed by atoms with E-state index in [1.807, 2.05) is 0 Å². The summed E-state index contributed by atoms with van der Waals surface area (Å²) in [6.45, 7) is 8.02. The Morgan fingerprint density at radius 2 is 2.06 bits per heavy atom. The quantitative estimate of drug-likeness (QED) is 0.682. The lowest BCUT2D eigenvalue weighted by Gasteiger charge is -2.15.